The van der Waals surface area contributed by atoms with E-state index in [1.165, 1.54) is 17.6 Å². The van der Waals surface area contributed by atoms with Crippen molar-refractivity contribution in [1.82, 2.24) is 3.96 Å². The highest BCUT2D eigenvalue weighted by Crippen LogP contribution is 2.17. The summed E-state index contributed by atoms with van der Waals surface area (Å²) in [4.78, 5) is 11.4. The Morgan fingerprint density at radius 1 is 1.25 bits per heavy atom. The van der Waals surface area contributed by atoms with Gasteiger partial charge in [0.1, 0.15) is 4.34 Å². The van der Waals surface area contributed by atoms with Crippen molar-refractivity contribution in [2.24, 2.45) is 0 Å². The van der Waals surface area contributed by atoms with E-state index in [1.54, 1.807) is 3.96 Å². The molecular weight excluding hydrogens is 265 g/mol. The Hall–Kier alpha value is -0.770. The molecule has 2 nitrogen and oxygen atoms in total. The number of benzene rings is 1. The topological polar surface area (TPSA) is 22.0 Å². The number of nitrogens with zero attached hydrogens (tertiary/aromatic N) is 1. The summed E-state index contributed by atoms with van der Waals surface area (Å²) in [6.45, 7) is 0.611. The molecule has 0 amide bonds. The van der Waals surface area contributed by atoms with Crippen molar-refractivity contribution in [1.29, 1.82) is 0 Å². The van der Waals surface area contributed by atoms with Gasteiger partial charge in [0, 0.05) is 17.6 Å². The second-order valence-corrected chi connectivity index (χ2v) is 5.42. The van der Waals surface area contributed by atoms with Gasteiger partial charge in [0.25, 0.3) is 5.56 Å². The minimum absolute atomic E-state index is 0.0537. The molecule has 0 radical (unpaired) electrons. The molecule has 1 aromatic carbocycles. The minimum Gasteiger partial charge on any atom is -0.268 e. The molecule has 84 valence electrons. The van der Waals surface area contributed by atoms with Crippen molar-refractivity contribution < 1.29 is 0 Å². The van der Waals surface area contributed by atoms with E-state index in [0.717, 1.165) is 17.0 Å². The van der Waals surface area contributed by atoms with Crippen molar-refractivity contribution in [3.8, 4) is 0 Å². The number of rotatable bonds is 3. The fraction of sp³-hybridized carbons (Fsp3) is 0.182. The highest BCUT2D eigenvalue weighted by atomic mass is 35.5. The third-order valence-corrected chi connectivity index (χ3v) is 3.78. The maximum Gasteiger partial charge on any atom is 0.262 e. The van der Waals surface area contributed by atoms with Crippen molar-refractivity contribution in [2.75, 3.05) is 0 Å². The van der Waals surface area contributed by atoms with Gasteiger partial charge < -0.3 is 0 Å². The van der Waals surface area contributed by atoms with Crippen LogP contribution in [0.2, 0.25) is 9.36 Å². The van der Waals surface area contributed by atoms with Crippen LogP contribution in [0.5, 0.6) is 0 Å². The highest BCUT2D eigenvalue weighted by Gasteiger charge is 2.04. The first-order valence-electron chi connectivity index (χ1n) is 4.77. The van der Waals surface area contributed by atoms with E-state index in [0.29, 0.717) is 10.9 Å². The average Bonchev–Trinajstić information content (AvgIpc) is 2.56. The molecule has 0 bridgehead atoms. The molecule has 2 rings (SSSR count). The normalized spacial score (nSPS) is 10.6. The molecule has 0 aliphatic rings. The molecule has 0 aliphatic heterocycles. The van der Waals surface area contributed by atoms with E-state index >= 15 is 0 Å². The molecule has 0 saturated carbocycles. The van der Waals surface area contributed by atoms with Gasteiger partial charge in [0.2, 0.25) is 0 Å². The summed E-state index contributed by atoms with van der Waals surface area (Å²) >= 11 is 13.0. The maximum absolute atomic E-state index is 11.4. The van der Waals surface area contributed by atoms with E-state index in [1.807, 2.05) is 24.3 Å². The molecule has 2 aromatic rings. The molecule has 1 aromatic heterocycles. The van der Waals surface area contributed by atoms with Gasteiger partial charge in [-0.2, -0.15) is 0 Å². The fourth-order valence-corrected chi connectivity index (χ4v) is 2.69. The summed E-state index contributed by atoms with van der Waals surface area (Å²) in [7, 11) is 0. The Morgan fingerprint density at radius 2 is 2.00 bits per heavy atom. The molecule has 1 heterocycles. The van der Waals surface area contributed by atoms with Crippen LogP contribution in [0.1, 0.15) is 5.56 Å². The Morgan fingerprint density at radius 3 is 2.62 bits per heavy atom. The van der Waals surface area contributed by atoms with Gasteiger partial charge in [-0.1, -0.05) is 41.4 Å². The van der Waals surface area contributed by atoms with E-state index in [-0.39, 0.29) is 5.56 Å². The van der Waals surface area contributed by atoms with Crippen LogP contribution in [0.3, 0.4) is 0 Å². The molecule has 0 unspecified atom stereocenters. The minimum atomic E-state index is -0.0537. The van der Waals surface area contributed by atoms with Crippen molar-refractivity contribution in [3.05, 3.63) is 55.6 Å². The molecule has 0 spiro atoms. The van der Waals surface area contributed by atoms with Crippen LogP contribution in [-0.4, -0.2) is 3.96 Å². The lowest BCUT2D eigenvalue weighted by molar-refractivity contribution is 0.734. The summed E-state index contributed by atoms with van der Waals surface area (Å²) in [6.07, 6.45) is 0.733. The molecule has 0 atom stereocenters. The van der Waals surface area contributed by atoms with Gasteiger partial charge in [-0.15, -0.1) is 0 Å². The zero-order valence-corrected chi connectivity index (χ0v) is 10.6. The molecule has 0 N–H and O–H groups in total. The third kappa shape index (κ3) is 2.67. The van der Waals surface area contributed by atoms with Crippen molar-refractivity contribution >= 4 is 34.7 Å². The average molecular weight is 274 g/mol. The summed E-state index contributed by atoms with van der Waals surface area (Å²) in [5.41, 5.74) is 0.989. The van der Waals surface area contributed by atoms with Crippen LogP contribution in [0, 0.1) is 0 Å². The summed E-state index contributed by atoms with van der Waals surface area (Å²) in [5.74, 6) is 0. The van der Waals surface area contributed by atoms with Gasteiger partial charge in [0.05, 0.1) is 0 Å². The first-order valence-corrected chi connectivity index (χ1v) is 6.30. The van der Waals surface area contributed by atoms with E-state index < -0.39 is 0 Å². The molecule has 0 saturated heterocycles. The number of aromatic nitrogens is 1. The maximum atomic E-state index is 11.4. The zero-order chi connectivity index (χ0) is 11.5. The lowest BCUT2D eigenvalue weighted by Crippen LogP contribution is -2.13. The molecule has 5 heteroatoms. The number of hydrogen-bond acceptors (Lipinski definition) is 2. The van der Waals surface area contributed by atoms with Crippen LogP contribution in [0.15, 0.2) is 35.1 Å². The van der Waals surface area contributed by atoms with E-state index in [2.05, 4.69) is 0 Å². The second-order valence-electron chi connectivity index (χ2n) is 3.32. The van der Waals surface area contributed by atoms with Gasteiger partial charge in [-0.25, -0.2) is 0 Å². The molecule has 16 heavy (non-hydrogen) atoms. The fourth-order valence-electron chi connectivity index (χ4n) is 1.42. The summed E-state index contributed by atoms with van der Waals surface area (Å²) in [5, 5.41) is 0.734. The molecule has 0 aliphatic carbocycles. The quantitative estimate of drug-likeness (QED) is 0.840. The van der Waals surface area contributed by atoms with Crippen LogP contribution in [0.25, 0.3) is 0 Å². The number of hydrogen-bond donors (Lipinski definition) is 0. The van der Waals surface area contributed by atoms with Gasteiger partial charge in [-0.05, 0) is 29.6 Å². The Labute approximate surface area is 107 Å². The third-order valence-electron chi connectivity index (χ3n) is 2.22. The predicted molar refractivity (Wildman–Crippen MR) is 68.7 cm³/mol. The molecular formula is C11H9Cl2NOS. The van der Waals surface area contributed by atoms with Crippen LogP contribution in [-0.2, 0) is 13.0 Å². The predicted octanol–water partition coefficient (Wildman–Crippen LogP) is 3.46. The Balaban J connectivity index is 2.11. The number of halogens is 2. The Kier molecular flexibility index (Phi) is 3.69. The van der Waals surface area contributed by atoms with Crippen LogP contribution in [0.4, 0.5) is 0 Å². The van der Waals surface area contributed by atoms with Crippen molar-refractivity contribution in [2.45, 2.75) is 13.0 Å². The van der Waals surface area contributed by atoms with E-state index in [4.69, 9.17) is 23.2 Å². The summed E-state index contributed by atoms with van der Waals surface area (Å²) in [6, 6.07) is 9.06. The lowest BCUT2D eigenvalue weighted by Gasteiger charge is -2.03. The first kappa shape index (κ1) is 11.7. The Bertz CT molecular complexity index is 547. The van der Waals surface area contributed by atoms with Gasteiger partial charge in [0.15, 0.2) is 0 Å². The smallest absolute Gasteiger partial charge is 0.262 e. The van der Waals surface area contributed by atoms with Gasteiger partial charge in [-0.3, -0.25) is 8.75 Å². The van der Waals surface area contributed by atoms with Crippen molar-refractivity contribution in [3.63, 3.8) is 0 Å². The highest BCUT2D eigenvalue weighted by molar-refractivity contribution is 7.11. The number of aryl methyl sites for hydroxylation is 2. The summed E-state index contributed by atoms with van der Waals surface area (Å²) < 4.78 is 2.15. The second kappa shape index (κ2) is 5.04. The lowest BCUT2D eigenvalue weighted by atomic mass is 10.1. The monoisotopic (exact) mass is 273 g/mol. The standard InChI is InChI=1S/C11H9Cl2NOS/c12-9-4-2-1-3-8(9)5-6-14-11(15)7-10(13)16-14/h1-4,7H,5-6H2. The first-order chi connectivity index (χ1) is 7.66. The van der Waals surface area contributed by atoms with Gasteiger partial charge >= 0.3 is 0 Å². The largest absolute Gasteiger partial charge is 0.268 e. The zero-order valence-electron chi connectivity index (χ0n) is 8.32. The molecule has 0 fully saturated rings. The van der Waals surface area contributed by atoms with Crippen LogP contribution < -0.4 is 5.56 Å². The van der Waals surface area contributed by atoms with Crippen LogP contribution >= 0.6 is 34.7 Å². The van der Waals surface area contributed by atoms with E-state index in [9.17, 15) is 4.79 Å². The SMILES string of the molecule is O=c1cc(Cl)sn1CCc1ccccc1Cl.